The van der Waals surface area contributed by atoms with Crippen molar-refractivity contribution in [1.29, 1.82) is 0 Å². The molecule has 1 saturated heterocycles. The number of thiophene rings is 1. The van der Waals surface area contributed by atoms with Crippen molar-refractivity contribution in [3.8, 4) is 0 Å². The van der Waals surface area contributed by atoms with Crippen LogP contribution in [0.3, 0.4) is 0 Å². The zero-order chi connectivity index (χ0) is 11.6. The van der Waals surface area contributed by atoms with Crippen LogP contribution in [-0.2, 0) is 16.3 Å². The lowest BCUT2D eigenvalue weighted by molar-refractivity contribution is 0.579. The summed E-state index contributed by atoms with van der Waals surface area (Å²) in [5, 5.41) is 3.23. The third-order valence-corrected chi connectivity index (χ3v) is 6.50. The summed E-state index contributed by atoms with van der Waals surface area (Å²) in [6.07, 6.45) is 2.97. The smallest absolute Gasteiger partial charge is 0.189 e. The van der Waals surface area contributed by atoms with Gasteiger partial charge in [-0.15, -0.1) is 11.3 Å². The van der Waals surface area contributed by atoms with E-state index < -0.39 is 9.84 Å². The molecule has 0 spiro atoms. The first-order valence-electron chi connectivity index (χ1n) is 5.66. The van der Waals surface area contributed by atoms with Gasteiger partial charge in [-0.05, 0) is 37.9 Å². The lowest BCUT2D eigenvalue weighted by Crippen LogP contribution is -2.29. The van der Waals surface area contributed by atoms with E-state index in [1.54, 1.807) is 6.07 Å². The van der Waals surface area contributed by atoms with Crippen molar-refractivity contribution in [2.24, 2.45) is 0 Å². The van der Waals surface area contributed by atoms with Gasteiger partial charge in [0.15, 0.2) is 9.84 Å². The van der Waals surface area contributed by atoms with E-state index in [-0.39, 0.29) is 11.8 Å². The molecule has 2 heterocycles. The molecule has 0 radical (unpaired) electrons. The zero-order valence-corrected chi connectivity index (χ0v) is 11.0. The van der Waals surface area contributed by atoms with Gasteiger partial charge in [-0.25, -0.2) is 8.42 Å². The van der Waals surface area contributed by atoms with Gasteiger partial charge in [0.1, 0.15) is 4.21 Å². The highest BCUT2D eigenvalue weighted by Gasteiger charge is 2.24. The number of hydrogen-bond acceptors (Lipinski definition) is 4. The molecule has 1 fully saturated rings. The molecule has 0 aromatic carbocycles. The lowest BCUT2D eigenvalue weighted by atomic mass is 10.3. The fourth-order valence-electron chi connectivity index (χ4n) is 1.96. The van der Waals surface area contributed by atoms with Gasteiger partial charge in [-0.2, -0.15) is 0 Å². The summed E-state index contributed by atoms with van der Waals surface area (Å²) in [6, 6.07) is 3.81. The Morgan fingerprint density at radius 3 is 2.88 bits per heavy atom. The third kappa shape index (κ3) is 2.64. The molecule has 3 nitrogen and oxygen atoms in total. The summed E-state index contributed by atoms with van der Waals surface area (Å²) in [5.41, 5.74) is 0. The van der Waals surface area contributed by atoms with Crippen molar-refractivity contribution in [2.45, 2.75) is 36.4 Å². The maximum Gasteiger partial charge on any atom is 0.189 e. The fourth-order valence-corrected chi connectivity index (χ4v) is 4.92. The van der Waals surface area contributed by atoms with Crippen LogP contribution in [0.15, 0.2) is 16.3 Å². The number of aryl methyl sites for hydroxylation is 1. The molecule has 0 unspecified atom stereocenters. The Balaban J connectivity index is 2.11. The number of nitrogens with one attached hydrogen (secondary N) is 1. The SMILES string of the molecule is CCc1ccc(S(=O)(=O)C[C@@H]2CCCN2)s1. The number of sulfone groups is 1. The lowest BCUT2D eigenvalue weighted by Gasteiger charge is -2.09. The molecule has 5 heteroatoms. The van der Waals surface area contributed by atoms with Gasteiger partial charge < -0.3 is 5.32 Å². The topological polar surface area (TPSA) is 46.2 Å². The molecule has 1 aromatic heterocycles. The summed E-state index contributed by atoms with van der Waals surface area (Å²) in [5.74, 6) is 0.247. The Morgan fingerprint density at radius 2 is 2.31 bits per heavy atom. The van der Waals surface area contributed by atoms with Crippen LogP contribution in [0.5, 0.6) is 0 Å². The van der Waals surface area contributed by atoms with Crippen LogP contribution in [0.25, 0.3) is 0 Å². The van der Waals surface area contributed by atoms with Crippen LogP contribution in [0.1, 0.15) is 24.6 Å². The van der Waals surface area contributed by atoms with Crippen LogP contribution in [0.2, 0.25) is 0 Å². The highest BCUT2D eigenvalue weighted by molar-refractivity contribution is 7.93. The van der Waals surface area contributed by atoms with Crippen molar-refractivity contribution in [3.63, 3.8) is 0 Å². The first kappa shape index (κ1) is 12.1. The highest BCUT2D eigenvalue weighted by atomic mass is 32.2. The summed E-state index contributed by atoms with van der Waals surface area (Å²) < 4.78 is 24.7. The summed E-state index contributed by atoms with van der Waals surface area (Å²) in [4.78, 5) is 1.14. The maximum absolute atomic E-state index is 12.1. The van der Waals surface area contributed by atoms with E-state index in [1.807, 2.05) is 13.0 Å². The van der Waals surface area contributed by atoms with Crippen LogP contribution < -0.4 is 5.32 Å². The van der Waals surface area contributed by atoms with E-state index >= 15 is 0 Å². The van der Waals surface area contributed by atoms with E-state index in [2.05, 4.69) is 5.32 Å². The van der Waals surface area contributed by atoms with Gasteiger partial charge in [0.25, 0.3) is 0 Å². The van der Waals surface area contributed by atoms with Crippen molar-refractivity contribution in [2.75, 3.05) is 12.3 Å². The quantitative estimate of drug-likeness (QED) is 0.897. The van der Waals surface area contributed by atoms with Gasteiger partial charge in [0.2, 0.25) is 0 Å². The Hall–Kier alpha value is -0.390. The van der Waals surface area contributed by atoms with E-state index in [0.29, 0.717) is 4.21 Å². The minimum Gasteiger partial charge on any atom is -0.313 e. The van der Waals surface area contributed by atoms with Crippen molar-refractivity contribution >= 4 is 21.2 Å². The number of hydrogen-bond donors (Lipinski definition) is 1. The summed E-state index contributed by atoms with van der Waals surface area (Å²) in [7, 11) is -3.08. The standard InChI is InChI=1S/C11H17NO2S2/c1-2-10-5-6-11(15-10)16(13,14)8-9-4-3-7-12-9/h5-6,9,12H,2-4,7-8H2,1H3/t9-/m0/s1. The monoisotopic (exact) mass is 259 g/mol. The second kappa shape index (κ2) is 4.85. The van der Waals surface area contributed by atoms with Crippen molar-refractivity contribution < 1.29 is 8.42 Å². The molecule has 0 aliphatic carbocycles. The molecule has 1 N–H and O–H groups in total. The third-order valence-electron chi connectivity index (χ3n) is 2.87. The molecule has 90 valence electrons. The Bertz CT molecular complexity index is 444. The molecule has 0 bridgehead atoms. The Kier molecular flexibility index (Phi) is 3.66. The summed E-state index contributed by atoms with van der Waals surface area (Å²) in [6.45, 7) is 2.99. The maximum atomic E-state index is 12.1. The highest BCUT2D eigenvalue weighted by Crippen LogP contribution is 2.24. The Morgan fingerprint density at radius 1 is 1.50 bits per heavy atom. The fraction of sp³-hybridized carbons (Fsp3) is 0.636. The average Bonchev–Trinajstić information content (AvgIpc) is 2.85. The Labute approximate surface area is 101 Å². The molecule has 0 saturated carbocycles. The molecule has 16 heavy (non-hydrogen) atoms. The van der Waals surface area contributed by atoms with E-state index in [9.17, 15) is 8.42 Å². The molecular weight excluding hydrogens is 242 g/mol. The predicted octanol–water partition coefficient (Wildman–Crippen LogP) is 1.84. The minimum atomic E-state index is -3.08. The molecule has 1 aliphatic heterocycles. The van der Waals surface area contributed by atoms with Gasteiger partial charge in [-0.3, -0.25) is 0 Å². The van der Waals surface area contributed by atoms with Crippen molar-refractivity contribution in [3.05, 3.63) is 17.0 Å². The van der Waals surface area contributed by atoms with Gasteiger partial charge in [0.05, 0.1) is 5.75 Å². The molecular formula is C11H17NO2S2. The van der Waals surface area contributed by atoms with E-state index in [0.717, 1.165) is 30.7 Å². The molecule has 1 atom stereocenters. The second-order valence-electron chi connectivity index (χ2n) is 4.15. The molecule has 1 aliphatic rings. The molecule has 1 aromatic rings. The largest absolute Gasteiger partial charge is 0.313 e. The minimum absolute atomic E-state index is 0.150. The first-order chi connectivity index (χ1) is 7.62. The van der Waals surface area contributed by atoms with Gasteiger partial charge in [-0.1, -0.05) is 6.92 Å². The van der Waals surface area contributed by atoms with Crippen molar-refractivity contribution in [1.82, 2.24) is 5.32 Å². The second-order valence-corrected chi connectivity index (χ2v) is 7.58. The average molecular weight is 259 g/mol. The molecule has 2 rings (SSSR count). The van der Waals surface area contributed by atoms with Gasteiger partial charge in [0, 0.05) is 10.9 Å². The van der Waals surface area contributed by atoms with E-state index in [1.165, 1.54) is 11.3 Å². The normalized spacial score (nSPS) is 21.4. The van der Waals surface area contributed by atoms with Gasteiger partial charge >= 0.3 is 0 Å². The van der Waals surface area contributed by atoms with Crippen LogP contribution in [0.4, 0.5) is 0 Å². The first-order valence-corrected chi connectivity index (χ1v) is 8.13. The molecule has 0 amide bonds. The van der Waals surface area contributed by atoms with Crippen LogP contribution >= 0.6 is 11.3 Å². The summed E-state index contributed by atoms with van der Waals surface area (Å²) >= 11 is 1.41. The van der Waals surface area contributed by atoms with E-state index in [4.69, 9.17) is 0 Å². The number of rotatable bonds is 4. The van der Waals surface area contributed by atoms with Crippen LogP contribution in [-0.4, -0.2) is 26.8 Å². The van der Waals surface area contributed by atoms with Crippen LogP contribution in [0, 0.1) is 0 Å². The zero-order valence-electron chi connectivity index (χ0n) is 9.40. The predicted molar refractivity (Wildman–Crippen MR) is 66.8 cm³/mol.